The van der Waals surface area contributed by atoms with Crippen molar-refractivity contribution in [3.63, 3.8) is 0 Å². The summed E-state index contributed by atoms with van der Waals surface area (Å²) in [7, 11) is 0. The lowest BCUT2D eigenvalue weighted by molar-refractivity contribution is -0.127. The van der Waals surface area contributed by atoms with E-state index >= 15 is 0 Å². The van der Waals surface area contributed by atoms with Crippen molar-refractivity contribution in [2.75, 3.05) is 4.90 Å². The lowest BCUT2D eigenvalue weighted by Crippen LogP contribution is -2.36. The lowest BCUT2D eigenvalue weighted by Gasteiger charge is -2.30. The highest BCUT2D eigenvalue weighted by Crippen LogP contribution is 2.46. The maximum atomic E-state index is 12.7. The van der Waals surface area contributed by atoms with E-state index < -0.39 is 5.41 Å². The normalized spacial score (nSPS) is 21.2. The standard InChI is InChI=1S/C16H16N2O2/c17-11-12-4-6-13(7-5-12)18-14(19)10-16(15(18)20)8-2-1-3-9-16/h4-7H,1-3,8-10H2. The zero-order chi connectivity index (χ0) is 14.2. The quantitative estimate of drug-likeness (QED) is 0.736. The zero-order valence-corrected chi connectivity index (χ0v) is 11.3. The Bertz CT molecular complexity index is 592. The number of carbonyl (C=O) groups excluding carboxylic acids is 2. The van der Waals surface area contributed by atoms with Crippen molar-refractivity contribution in [2.45, 2.75) is 38.5 Å². The first-order valence-corrected chi connectivity index (χ1v) is 7.04. The summed E-state index contributed by atoms with van der Waals surface area (Å²) in [5.41, 5.74) is 0.658. The number of benzene rings is 1. The first-order chi connectivity index (χ1) is 9.66. The van der Waals surface area contributed by atoms with Gasteiger partial charge in [0.15, 0.2) is 0 Å². The maximum absolute atomic E-state index is 12.7. The molecule has 3 rings (SSSR count). The summed E-state index contributed by atoms with van der Waals surface area (Å²) in [5, 5.41) is 8.80. The maximum Gasteiger partial charge on any atom is 0.240 e. The Morgan fingerprint density at radius 3 is 2.30 bits per heavy atom. The van der Waals surface area contributed by atoms with Gasteiger partial charge in [0.2, 0.25) is 11.8 Å². The van der Waals surface area contributed by atoms with Gasteiger partial charge in [-0.05, 0) is 37.1 Å². The van der Waals surface area contributed by atoms with E-state index in [1.54, 1.807) is 24.3 Å². The van der Waals surface area contributed by atoms with Gasteiger partial charge in [-0.25, -0.2) is 0 Å². The second kappa shape index (κ2) is 4.75. The molecule has 0 bridgehead atoms. The Kier molecular flexibility index (Phi) is 3.06. The summed E-state index contributed by atoms with van der Waals surface area (Å²) < 4.78 is 0. The highest BCUT2D eigenvalue weighted by molar-refractivity contribution is 6.22. The summed E-state index contributed by atoms with van der Waals surface area (Å²) in [6.45, 7) is 0. The van der Waals surface area contributed by atoms with E-state index in [9.17, 15) is 9.59 Å². The average molecular weight is 268 g/mol. The van der Waals surface area contributed by atoms with Crippen LogP contribution >= 0.6 is 0 Å². The number of amides is 2. The number of anilines is 1. The van der Waals surface area contributed by atoms with Crippen LogP contribution in [0.4, 0.5) is 5.69 Å². The van der Waals surface area contributed by atoms with Crippen LogP contribution in [-0.4, -0.2) is 11.8 Å². The number of rotatable bonds is 1. The molecule has 2 fully saturated rings. The van der Waals surface area contributed by atoms with E-state index in [-0.39, 0.29) is 11.8 Å². The molecule has 1 aromatic rings. The Hall–Kier alpha value is -2.15. The second-order valence-corrected chi connectivity index (χ2v) is 5.71. The van der Waals surface area contributed by atoms with Crippen LogP contribution in [0.15, 0.2) is 24.3 Å². The van der Waals surface area contributed by atoms with Gasteiger partial charge in [0.1, 0.15) is 0 Å². The van der Waals surface area contributed by atoms with Gasteiger partial charge >= 0.3 is 0 Å². The zero-order valence-electron chi connectivity index (χ0n) is 11.3. The van der Waals surface area contributed by atoms with Crippen LogP contribution < -0.4 is 4.90 Å². The first kappa shape index (κ1) is 12.9. The molecule has 0 unspecified atom stereocenters. The molecule has 2 aliphatic rings. The summed E-state index contributed by atoms with van der Waals surface area (Å²) in [6, 6.07) is 8.67. The lowest BCUT2D eigenvalue weighted by atomic mass is 9.73. The Labute approximate surface area is 118 Å². The van der Waals surface area contributed by atoms with Gasteiger partial charge in [-0.3, -0.25) is 14.5 Å². The molecule has 102 valence electrons. The van der Waals surface area contributed by atoms with Crippen LogP contribution in [0.3, 0.4) is 0 Å². The van der Waals surface area contributed by atoms with Crippen molar-refractivity contribution in [1.82, 2.24) is 0 Å². The van der Waals surface area contributed by atoms with Gasteiger partial charge in [0.05, 0.1) is 22.7 Å². The average Bonchev–Trinajstić information content (AvgIpc) is 2.71. The van der Waals surface area contributed by atoms with E-state index in [1.165, 1.54) is 4.90 Å². The van der Waals surface area contributed by atoms with Gasteiger partial charge in [0.25, 0.3) is 0 Å². The largest absolute Gasteiger partial charge is 0.274 e. The van der Waals surface area contributed by atoms with E-state index in [0.29, 0.717) is 17.7 Å². The molecule has 0 radical (unpaired) electrons. The van der Waals surface area contributed by atoms with Crippen molar-refractivity contribution in [3.8, 4) is 6.07 Å². The van der Waals surface area contributed by atoms with Crippen LogP contribution in [0.2, 0.25) is 0 Å². The molecule has 1 saturated carbocycles. The fourth-order valence-corrected chi connectivity index (χ4v) is 3.36. The predicted molar refractivity (Wildman–Crippen MR) is 73.8 cm³/mol. The number of nitrogens with zero attached hydrogens (tertiary/aromatic N) is 2. The molecule has 1 heterocycles. The smallest absolute Gasteiger partial charge is 0.240 e. The monoisotopic (exact) mass is 268 g/mol. The number of imide groups is 1. The van der Waals surface area contributed by atoms with Crippen molar-refractivity contribution in [2.24, 2.45) is 5.41 Å². The Morgan fingerprint density at radius 1 is 1.05 bits per heavy atom. The molecular weight excluding hydrogens is 252 g/mol. The van der Waals surface area contributed by atoms with Gasteiger partial charge in [-0.15, -0.1) is 0 Å². The number of nitriles is 1. The van der Waals surface area contributed by atoms with Crippen LogP contribution in [0.1, 0.15) is 44.1 Å². The van der Waals surface area contributed by atoms with E-state index in [4.69, 9.17) is 5.26 Å². The molecule has 20 heavy (non-hydrogen) atoms. The molecule has 0 atom stereocenters. The minimum atomic E-state index is -0.455. The molecule has 4 heteroatoms. The third kappa shape index (κ3) is 1.90. The Balaban J connectivity index is 1.92. The van der Waals surface area contributed by atoms with Crippen LogP contribution in [0.5, 0.6) is 0 Å². The minimum Gasteiger partial charge on any atom is -0.274 e. The molecule has 1 aliphatic heterocycles. The number of hydrogen-bond donors (Lipinski definition) is 0. The third-order valence-electron chi connectivity index (χ3n) is 4.46. The number of hydrogen-bond acceptors (Lipinski definition) is 3. The SMILES string of the molecule is N#Cc1ccc(N2C(=O)CC3(CCCCC3)C2=O)cc1. The Morgan fingerprint density at radius 2 is 1.70 bits per heavy atom. The molecule has 2 amide bonds. The molecule has 1 spiro atoms. The van der Waals surface area contributed by atoms with Crippen molar-refractivity contribution in [3.05, 3.63) is 29.8 Å². The molecular formula is C16H16N2O2. The van der Waals surface area contributed by atoms with Gasteiger partial charge in [-0.1, -0.05) is 19.3 Å². The van der Waals surface area contributed by atoms with E-state index in [1.807, 2.05) is 6.07 Å². The van der Waals surface area contributed by atoms with E-state index in [2.05, 4.69) is 0 Å². The first-order valence-electron chi connectivity index (χ1n) is 7.04. The van der Waals surface area contributed by atoms with Gasteiger partial charge < -0.3 is 0 Å². The predicted octanol–water partition coefficient (Wildman–Crippen LogP) is 2.77. The summed E-state index contributed by atoms with van der Waals surface area (Å²) in [4.78, 5) is 26.3. The summed E-state index contributed by atoms with van der Waals surface area (Å²) in [6.07, 6.45) is 5.20. The molecule has 0 N–H and O–H groups in total. The molecule has 1 aromatic carbocycles. The second-order valence-electron chi connectivity index (χ2n) is 5.71. The summed E-state index contributed by atoms with van der Waals surface area (Å²) in [5.74, 6) is -0.159. The van der Waals surface area contributed by atoms with Gasteiger partial charge in [0, 0.05) is 6.42 Å². The molecule has 4 nitrogen and oxygen atoms in total. The number of carbonyl (C=O) groups is 2. The fraction of sp³-hybridized carbons (Fsp3) is 0.438. The highest BCUT2D eigenvalue weighted by Gasteiger charge is 2.51. The minimum absolute atomic E-state index is 0.0492. The summed E-state index contributed by atoms with van der Waals surface area (Å²) >= 11 is 0. The van der Waals surface area contributed by atoms with Crippen molar-refractivity contribution < 1.29 is 9.59 Å². The molecule has 0 aromatic heterocycles. The van der Waals surface area contributed by atoms with Crippen LogP contribution in [0.25, 0.3) is 0 Å². The fourth-order valence-electron chi connectivity index (χ4n) is 3.36. The van der Waals surface area contributed by atoms with Crippen LogP contribution in [0, 0.1) is 16.7 Å². The van der Waals surface area contributed by atoms with Crippen molar-refractivity contribution in [1.29, 1.82) is 5.26 Å². The molecule has 1 aliphatic carbocycles. The van der Waals surface area contributed by atoms with Crippen molar-refractivity contribution >= 4 is 17.5 Å². The molecule has 1 saturated heterocycles. The van der Waals surface area contributed by atoms with Crippen LogP contribution in [-0.2, 0) is 9.59 Å². The van der Waals surface area contributed by atoms with Gasteiger partial charge in [-0.2, -0.15) is 5.26 Å². The topological polar surface area (TPSA) is 61.2 Å². The third-order valence-corrected chi connectivity index (χ3v) is 4.46. The van der Waals surface area contributed by atoms with E-state index in [0.717, 1.165) is 32.1 Å². The highest BCUT2D eigenvalue weighted by atomic mass is 16.2.